The van der Waals surface area contributed by atoms with Gasteiger partial charge in [0.25, 0.3) is 11.5 Å². The molecule has 0 aliphatic carbocycles. The van der Waals surface area contributed by atoms with E-state index in [1.54, 1.807) is 23.8 Å². The van der Waals surface area contributed by atoms with Crippen molar-refractivity contribution in [2.24, 2.45) is 0 Å². The Morgan fingerprint density at radius 2 is 1.89 bits per heavy atom. The summed E-state index contributed by atoms with van der Waals surface area (Å²) in [6, 6.07) is 11.6. The first-order chi connectivity index (χ1) is 17.9. The first-order valence-corrected chi connectivity index (χ1v) is 13.5. The molecule has 2 aromatic heterocycles. The van der Waals surface area contributed by atoms with E-state index < -0.39 is 0 Å². The first-order valence-electron chi connectivity index (χ1n) is 11.9. The Morgan fingerprint density at radius 3 is 2.62 bits per heavy atom. The number of carbonyl (C=O) groups is 1. The number of piperazine rings is 1. The Hall–Kier alpha value is -2.92. The van der Waals surface area contributed by atoms with E-state index in [1.807, 2.05) is 43.3 Å². The first kappa shape index (κ1) is 25.7. The molecule has 2 aliphatic heterocycles. The Bertz CT molecular complexity index is 1470. The molecule has 8 nitrogen and oxygen atoms in total. The topological polar surface area (TPSA) is 70.4 Å². The Labute approximate surface area is 229 Å². The van der Waals surface area contributed by atoms with Gasteiger partial charge in [0.1, 0.15) is 15.8 Å². The maximum absolute atomic E-state index is 13.7. The highest BCUT2D eigenvalue weighted by molar-refractivity contribution is 8.26. The van der Waals surface area contributed by atoms with E-state index in [1.165, 1.54) is 16.7 Å². The summed E-state index contributed by atoms with van der Waals surface area (Å²) in [4.78, 5) is 38.1. The smallest absolute Gasteiger partial charge is 0.267 e. The fourth-order valence-corrected chi connectivity index (χ4v) is 6.00. The van der Waals surface area contributed by atoms with Crippen LogP contribution in [0.4, 0.5) is 11.5 Å². The van der Waals surface area contributed by atoms with Gasteiger partial charge in [0.15, 0.2) is 0 Å². The van der Waals surface area contributed by atoms with Gasteiger partial charge < -0.3 is 14.5 Å². The largest absolute Gasteiger partial charge is 0.383 e. The minimum Gasteiger partial charge on any atom is -0.383 e. The Balaban J connectivity index is 1.52. The standard InChI is InChI=1S/C26H26ClN5O3S2/c1-17-5-4-8-31-22(17)28-23(30-11-9-29(10-12-30)19-7-3-6-18(27)15-19)20(24(31)33)16-21-25(34)32(13-14-35-2)26(36)37-21/h3-8,15-16H,9-14H2,1-2H3. The zero-order valence-corrected chi connectivity index (χ0v) is 22.9. The van der Waals surface area contributed by atoms with E-state index in [9.17, 15) is 9.59 Å². The number of ether oxygens (including phenoxy) is 1. The molecule has 3 aromatic rings. The number of halogens is 1. The van der Waals surface area contributed by atoms with Crippen molar-refractivity contribution in [1.82, 2.24) is 14.3 Å². The zero-order chi connectivity index (χ0) is 26.1. The van der Waals surface area contributed by atoms with Gasteiger partial charge in [-0.3, -0.25) is 18.9 Å². The third-order valence-corrected chi connectivity index (χ3v) is 8.10. The molecule has 0 bridgehead atoms. The van der Waals surface area contributed by atoms with Gasteiger partial charge in [0.05, 0.1) is 23.6 Å². The van der Waals surface area contributed by atoms with Gasteiger partial charge in [-0.05, 0) is 42.8 Å². The fraction of sp³-hybridized carbons (Fsp3) is 0.308. The molecule has 1 amide bonds. The number of hydrogen-bond donors (Lipinski definition) is 0. The van der Waals surface area contributed by atoms with E-state index >= 15 is 0 Å². The SMILES string of the molecule is COCCN1C(=O)C(=Cc2c(N3CCN(c4cccc(Cl)c4)CC3)nc3c(C)cccn3c2=O)SC1=S. The van der Waals surface area contributed by atoms with Crippen LogP contribution in [0.5, 0.6) is 0 Å². The predicted molar refractivity (Wildman–Crippen MR) is 154 cm³/mol. The summed E-state index contributed by atoms with van der Waals surface area (Å²) in [5, 5.41) is 0.699. The van der Waals surface area contributed by atoms with Gasteiger partial charge in [0, 0.05) is 50.2 Å². The Kier molecular flexibility index (Phi) is 7.52. The summed E-state index contributed by atoms with van der Waals surface area (Å²) < 4.78 is 7.11. The zero-order valence-electron chi connectivity index (χ0n) is 20.5. The van der Waals surface area contributed by atoms with Crippen LogP contribution in [0.15, 0.2) is 52.3 Å². The molecular formula is C26H26ClN5O3S2. The van der Waals surface area contributed by atoms with Crippen molar-refractivity contribution in [3.8, 4) is 0 Å². The van der Waals surface area contributed by atoms with Crippen molar-refractivity contribution in [2.45, 2.75) is 6.92 Å². The number of thioether (sulfide) groups is 1. The number of carbonyl (C=O) groups excluding carboxylic acids is 1. The summed E-state index contributed by atoms with van der Waals surface area (Å²) in [7, 11) is 1.58. The van der Waals surface area contributed by atoms with Crippen LogP contribution >= 0.6 is 35.6 Å². The second-order valence-corrected chi connectivity index (χ2v) is 10.9. The number of pyridine rings is 1. The number of anilines is 2. The van der Waals surface area contributed by atoms with Gasteiger partial charge >= 0.3 is 0 Å². The molecule has 0 N–H and O–H groups in total. The number of thiocarbonyl (C=S) groups is 1. The van der Waals surface area contributed by atoms with Crippen LogP contribution in [0.3, 0.4) is 0 Å². The molecule has 0 atom stereocenters. The normalized spacial score (nSPS) is 17.5. The van der Waals surface area contributed by atoms with Gasteiger partial charge in [-0.2, -0.15) is 0 Å². The van der Waals surface area contributed by atoms with Crippen molar-refractivity contribution in [3.05, 3.63) is 74.0 Å². The summed E-state index contributed by atoms with van der Waals surface area (Å²) in [6.07, 6.45) is 3.36. The van der Waals surface area contributed by atoms with Crippen LogP contribution in [0.25, 0.3) is 11.7 Å². The van der Waals surface area contributed by atoms with Crippen molar-refractivity contribution < 1.29 is 9.53 Å². The molecule has 0 spiro atoms. The average molecular weight is 556 g/mol. The van der Waals surface area contributed by atoms with Gasteiger partial charge in [-0.25, -0.2) is 4.98 Å². The molecule has 1 aromatic carbocycles. The van der Waals surface area contributed by atoms with Crippen molar-refractivity contribution in [1.29, 1.82) is 0 Å². The van der Waals surface area contributed by atoms with Crippen LogP contribution in [-0.2, 0) is 9.53 Å². The molecule has 0 radical (unpaired) electrons. The van der Waals surface area contributed by atoms with E-state index in [0.717, 1.165) is 24.3 Å². The summed E-state index contributed by atoms with van der Waals surface area (Å²) in [6.45, 7) is 5.49. The molecule has 192 valence electrons. The van der Waals surface area contributed by atoms with Crippen LogP contribution in [-0.4, -0.2) is 71.0 Å². The molecule has 2 aliphatic rings. The van der Waals surface area contributed by atoms with Crippen molar-refractivity contribution in [2.75, 3.05) is 56.2 Å². The van der Waals surface area contributed by atoms with E-state index in [0.29, 0.717) is 57.5 Å². The number of aromatic nitrogens is 2. The number of benzene rings is 1. The molecule has 0 unspecified atom stereocenters. The number of amides is 1. The third kappa shape index (κ3) is 5.11. The highest BCUT2D eigenvalue weighted by Crippen LogP contribution is 2.34. The van der Waals surface area contributed by atoms with Gasteiger partial charge in [-0.15, -0.1) is 0 Å². The number of methoxy groups -OCH3 is 1. The number of aryl methyl sites for hydroxylation is 1. The number of hydrogen-bond acceptors (Lipinski definition) is 8. The highest BCUT2D eigenvalue weighted by atomic mass is 35.5. The van der Waals surface area contributed by atoms with E-state index in [4.69, 9.17) is 33.5 Å². The summed E-state index contributed by atoms with van der Waals surface area (Å²) in [5.74, 6) is 0.352. The molecule has 37 heavy (non-hydrogen) atoms. The van der Waals surface area contributed by atoms with Crippen LogP contribution in [0.2, 0.25) is 5.02 Å². The third-order valence-electron chi connectivity index (χ3n) is 6.48. The fourth-order valence-electron chi connectivity index (χ4n) is 4.52. The minimum atomic E-state index is -0.225. The lowest BCUT2D eigenvalue weighted by molar-refractivity contribution is -0.122. The number of nitrogens with zero attached hydrogens (tertiary/aromatic N) is 5. The van der Waals surface area contributed by atoms with Crippen LogP contribution in [0, 0.1) is 6.92 Å². The van der Waals surface area contributed by atoms with Crippen LogP contribution < -0.4 is 15.4 Å². The molecule has 5 rings (SSSR count). The average Bonchev–Trinajstić information content (AvgIpc) is 3.16. The van der Waals surface area contributed by atoms with Crippen molar-refractivity contribution in [3.63, 3.8) is 0 Å². The van der Waals surface area contributed by atoms with E-state index in [2.05, 4.69) is 9.80 Å². The number of fused-ring (bicyclic) bond motifs is 1. The molecule has 2 saturated heterocycles. The lowest BCUT2D eigenvalue weighted by Gasteiger charge is -2.37. The molecule has 11 heteroatoms. The summed E-state index contributed by atoms with van der Waals surface area (Å²) in [5.41, 5.74) is 2.73. The predicted octanol–water partition coefficient (Wildman–Crippen LogP) is 3.83. The summed E-state index contributed by atoms with van der Waals surface area (Å²) >= 11 is 12.8. The van der Waals surface area contributed by atoms with Gasteiger partial charge in [0.2, 0.25) is 0 Å². The Morgan fingerprint density at radius 1 is 1.14 bits per heavy atom. The number of rotatable bonds is 6. The lowest BCUT2D eigenvalue weighted by Crippen LogP contribution is -2.47. The molecule has 0 saturated carbocycles. The lowest BCUT2D eigenvalue weighted by atomic mass is 10.2. The maximum atomic E-state index is 13.7. The highest BCUT2D eigenvalue weighted by Gasteiger charge is 2.33. The molecule has 4 heterocycles. The van der Waals surface area contributed by atoms with Crippen molar-refractivity contribution >= 4 is 69.0 Å². The van der Waals surface area contributed by atoms with E-state index in [-0.39, 0.29) is 11.5 Å². The monoisotopic (exact) mass is 555 g/mol. The second-order valence-electron chi connectivity index (χ2n) is 8.82. The maximum Gasteiger partial charge on any atom is 0.267 e. The minimum absolute atomic E-state index is 0.219. The molecular weight excluding hydrogens is 530 g/mol. The second kappa shape index (κ2) is 10.8. The molecule has 2 fully saturated rings. The van der Waals surface area contributed by atoms with Crippen LogP contribution in [0.1, 0.15) is 11.1 Å². The quantitative estimate of drug-likeness (QED) is 0.336. The van der Waals surface area contributed by atoms with Gasteiger partial charge in [-0.1, -0.05) is 47.7 Å².